The van der Waals surface area contributed by atoms with E-state index in [0.29, 0.717) is 49.3 Å². The highest BCUT2D eigenvalue weighted by molar-refractivity contribution is 9.10. The van der Waals surface area contributed by atoms with Gasteiger partial charge in [-0.05, 0) is 56.7 Å². The second-order valence-electron chi connectivity index (χ2n) is 11.6. The summed E-state index contributed by atoms with van der Waals surface area (Å²) in [6.45, 7) is 5.24. The number of fused-ring (bicyclic) bond motifs is 3. The van der Waals surface area contributed by atoms with Gasteiger partial charge in [-0.3, -0.25) is 20.2 Å². The molecular formula is C36H38BrN9O10. The number of rotatable bonds is 7. The summed E-state index contributed by atoms with van der Waals surface area (Å²) in [6, 6.07) is 26.7. The monoisotopic (exact) mass is 835 g/mol. The molecule has 0 spiro atoms. The summed E-state index contributed by atoms with van der Waals surface area (Å²) in [7, 11) is 3.69. The molecule has 0 amide bonds. The third kappa shape index (κ3) is 11.1. The molecule has 0 saturated heterocycles. The number of nitrogen functional groups attached to an aromatic ring is 1. The standard InChI is InChI=1S/C12H11N3O4.C12H13N3O2.C11H8BrNO2.CH4N2O2.H2/c1-8-7-11(19-13-14(2)16)9-5-3-4-6-10(9)12(8)15(17)18;1-8-7-11(17-14-15(2)16)9-5-3-4-6-10(9)12(8)13;1-7-6-10(12)8-4-2-3-5-9(8)11(7)13(14)15;1-2-3(4)5;/h3-7H,1-2H3;3-7H,13H2,1-2H3;2-6H,1H3;2H,1H3;1H. The average molecular weight is 837 g/mol. The zero-order valence-electron chi connectivity index (χ0n) is 30.8. The molecule has 3 N–H and O–H groups in total. The van der Waals surface area contributed by atoms with Gasteiger partial charge in [0.25, 0.3) is 11.4 Å². The highest BCUT2D eigenvalue weighted by atomic mass is 79.9. The third-order valence-electron chi connectivity index (χ3n) is 7.64. The van der Waals surface area contributed by atoms with Crippen molar-refractivity contribution in [2.24, 2.45) is 10.6 Å². The van der Waals surface area contributed by atoms with Gasteiger partial charge >= 0.3 is 0 Å². The Hall–Kier alpha value is -7.22. The van der Waals surface area contributed by atoms with Gasteiger partial charge in [0.05, 0.1) is 27.7 Å². The molecule has 0 saturated carbocycles. The van der Waals surface area contributed by atoms with E-state index >= 15 is 0 Å². The largest absolute Gasteiger partial charge is 0.598 e. The molecule has 0 aliphatic heterocycles. The fourth-order valence-electron chi connectivity index (χ4n) is 5.24. The summed E-state index contributed by atoms with van der Waals surface area (Å²) in [5.74, 6) is 0.830. The molecule has 0 fully saturated rings. The van der Waals surface area contributed by atoms with Crippen LogP contribution in [0.5, 0.6) is 11.5 Å². The van der Waals surface area contributed by atoms with Crippen molar-refractivity contribution >= 4 is 65.3 Å². The smallest absolute Gasteiger partial charge is 0.280 e. The number of nitro groups is 3. The van der Waals surface area contributed by atoms with E-state index in [4.69, 9.17) is 25.5 Å². The van der Waals surface area contributed by atoms with E-state index in [1.165, 1.54) is 27.2 Å². The number of nitro benzene ring substituents is 2. The van der Waals surface area contributed by atoms with E-state index in [2.05, 4.69) is 26.5 Å². The Morgan fingerprint density at radius 2 is 0.946 bits per heavy atom. The third-order valence-corrected chi connectivity index (χ3v) is 8.29. The maximum absolute atomic E-state index is 11.1. The SMILES string of the molecule is CN[N+](=O)[O-].Cc1cc(Br)c2ccccc2c1[N+](=O)[O-].Cc1cc(ON=[N+](C)[O-])c2ccccc2c1N.Cc1cc(ON=[N+](C)[O-])c2ccccc2c1[N+](=O)[O-].[HH]. The minimum absolute atomic E-state index is 0. The number of hydrogen-bond donors (Lipinski definition) is 2. The van der Waals surface area contributed by atoms with Crippen LogP contribution in [-0.4, -0.2) is 45.7 Å². The first-order chi connectivity index (χ1) is 26.5. The van der Waals surface area contributed by atoms with Crippen LogP contribution in [0.3, 0.4) is 0 Å². The van der Waals surface area contributed by atoms with Crippen molar-refractivity contribution in [1.82, 2.24) is 5.43 Å². The van der Waals surface area contributed by atoms with Crippen LogP contribution in [0.25, 0.3) is 32.3 Å². The molecule has 0 radical (unpaired) electrons. The van der Waals surface area contributed by atoms with Crippen molar-refractivity contribution in [1.29, 1.82) is 0 Å². The van der Waals surface area contributed by atoms with E-state index in [-0.39, 0.29) is 22.6 Å². The van der Waals surface area contributed by atoms with Gasteiger partial charge in [-0.15, -0.1) is 5.43 Å². The lowest BCUT2D eigenvalue weighted by atomic mass is 10.0. The highest BCUT2D eigenvalue weighted by Gasteiger charge is 2.20. The summed E-state index contributed by atoms with van der Waals surface area (Å²) >= 11 is 3.41. The first-order valence-electron chi connectivity index (χ1n) is 16.1. The minimum Gasteiger partial charge on any atom is -0.598 e. The first kappa shape index (κ1) is 43.2. The molecule has 0 unspecified atom stereocenters. The lowest BCUT2D eigenvalue weighted by Crippen LogP contribution is -2.13. The number of aryl methyl sites for hydroxylation is 3. The van der Waals surface area contributed by atoms with Crippen molar-refractivity contribution < 1.29 is 35.7 Å². The maximum atomic E-state index is 11.1. The molecule has 0 aliphatic carbocycles. The average Bonchev–Trinajstić information content (AvgIpc) is 3.15. The summed E-state index contributed by atoms with van der Waals surface area (Å²) in [6.07, 6.45) is 0. The summed E-state index contributed by atoms with van der Waals surface area (Å²) < 4.78 is 0.890. The molecule has 6 aromatic carbocycles. The van der Waals surface area contributed by atoms with Gasteiger partial charge in [-0.2, -0.15) is 0 Å². The van der Waals surface area contributed by atoms with Gasteiger partial charge in [0.2, 0.25) is 10.6 Å². The van der Waals surface area contributed by atoms with Crippen LogP contribution in [0.15, 0.2) is 106 Å². The van der Waals surface area contributed by atoms with Crippen molar-refractivity contribution in [3.63, 3.8) is 0 Å². The van der Waals surface area contributed by atoms with Gasteiger partial charge in [0, 0.05) is 44.3 Å². The molecule has 0 bridgehead atoms. The Morgan fingerprint density at radius 1 is 0.607 bits per heavy atom. The van der Waals surface area contributed by atoms with Crippen LogP contribution in [0.2, 0.25) is 0 Å². The fraction of sp³-hybridized carbons (Fsp3) is 0.167. The zero-order chi connectivity index (χ0) is 41.7. The Kier molecular flexibility index (Phi) is 15.2. The van der Waals surface area contributed by atoms with Gasteiger partial charge < -0.3 is 25.8 Å². The second kappa shape index (κ2) is 19.7. The van der Waals surface area contributed by atoms with Crippen LogP contribution in [0.1, 0.15) is 18.1 Å². The van der Waals surface area contributed by atoms with Gasteiger partial charge in [0.1, 0.15) is 0 Å². The Labute approximate surface area is 328 Å². The summed E-state index contributed by atoms with van der Waals surface area (Å²) in [5.41, 5.74) is 10.7. The van der Waals surface area contributed by atoms with Crippen molar-refractivity contribution in [2.75, 3.05) is 26.9 Å². The number of benzene rings is 6. The van der Waals surface area contributed by atoms with Crippen LogP contribution < -0.4 is 20.8 Å². The van der Waals surface area contributed by atoms with E-state index in [1.54, 1.807) is 67.8 Å². The van der Waals surface area contributed by atoms with E-state index in [0.717, 1.165) is 26.2 Å². The Balaban J connectivity index is 0.000000277. The number of halogens is 1. The predicted octanol–water partition coefficient (Wildman–Crippen LogP) is 9.02. The van der Waals surface area contributed by atoms with Crippen LogP contribution >= 0.6 is 15.9 Å². The Bertz CT molecular complexity index is 2480. The summed E-state index contributed by atoms with van der Waals surface area (Å²) in [5, 5.41) is 62.8. The van der Waals surface area contributed by atoms with Crippen LogP contribution in [-0.2, 0) is 0 Å². The van der Waals surface area contributed by atoms with Gasteiger partial charge in [-0.25, -0.2) is 10.1 Å². The topological polar surface area (TPSA) is 263 Å². The van der Waals surface area contributed by atoms with E-state index in [1.807, 2.05) is 43.3 Å². The molecule has 0 atom stereocenters. The lowest BCUT2D eigenvalue weighted by Gasteiger charge is -2.08. The molecule has 0 aromatic heterocycles. The first-order valence-corrected chi connectivity index (χ1v) is 16.9. The molecule has 6 rings (SSSR count). The van der Waals surface area contributed by atoms with Crippen molar-refractivity contribution in [3.8, 4) is 11.5 Å². The lowest BCUT2D eigenvalue weighted by molar-refractivity contribution is -0.538. The molecule has 0 heterocycles. The highest BCUT2D eigenvalue weighted by Crippen LogP contribution is 2.37. The molecule has 294 valence electrons. The predicted molar refractivity (Wildman–Crippen MR) is 215 cm³/mol. The molecule has 20 heteroatoms. The number of anilines is 1. The van der Waals surface area contributed by atoms with Crippen molar-refractivity contribution in [3.05, 3.63) is 153 Å². The number of nitrogens with two attached hydrogens (primary N) is 1. The quantitative estimate of drug-likeness (QED) is 0.0501. The van der Waals surface area contributed by atoms with Gasteiger partial charge in [0.15, 0.2) is 30.6 Å². The number of hydrogen-bond acceptors (Lipinski definition) is 13. The van der Waals surface area contributed by atoms with Crippen LogP contribution in [0, 0.1) is 61.5 Å². The van der Waals surface area contributed by atoms with E-state index < -0.39 is 9.96 Å². The normalized spacial score (nSPS) is 10.9. The number of nitrogens with zero attached hydrogens (tertiary/aromatic N) is 7. The van der Waals surface area contributed by atoms with E-state index in [9.17, 15) is 30.6 Å². The summed E-state index contributed by atoms with van der Waals surface area (Å²) in [4.78, 5) is 41.1. The maximum Gasteiger partial charge on any atom is 0.280 e. The number of hydroxylamine groups is 2. The van der Waals surface area contributed by atoms with Crippen molar-refractivity contribution in [2.45, 2.75) is 20.8 Å². The number of hydrazine groups is 1. The molecule has 0 aliphatic rings. The van der Waals surface area contributed by atoms with Crippen LogP contribution in [0.4, 0.5) is 17.1 Å². The second-order valence-corrected chi connectivity index (χ2v) is 12.4. The number of nitrogens with one attached hydrogen (secondary N) is 1. The Morgan fingerprint density at radius 3 is 1.36 bits per heavy atom. The molecule has 56 heavy (non-hydrogen) atoms. The molecular weight excluding hydrogens is 798 g/mol. The molecule has 19 nitrogen and oxygen atoms in total. The zero-order valence-corrected chi connectivity index (χ0v) is 32.4. The van der Waals surface area contributed by atoms with Gasteiger partial charge in [-0.1, -0.05) is 86.3 Å². The minimum atomic E-state index is -0.625. The molecule has 6 aromatic rings. The fourth-order valence-corrected chi connectivity index (χ4v) is 5.93.